The van der Waals surface area contributed by atoms with Crippen LogP contribution in [-0.4, -0.2) is 70.0 Å². The third kappa shape index (κ3) is 9.12. The lowest BCUT2D eigenvalue weighted by Crippen LogP contribution is -2.39. The van der Waals surface area contributed by atoms with Gasteiger partial charge in [0.25, 0.3) is 0 Å². The van der Waals surface area contributed by atoms with Crippen LogP contribution in [0.4, 0.5) is 0 Å². The van der Waals surface area contributed by atoms with E-state index in [1.807, 2.05) is 0 Å². The summed E-state index contributed by atoms with van der Waals surface area (Å²) in [5.41, 5.74) is 5.95. The maximum atomic E-state index is 5.89. The number of nitrogens with two attached hydrogens (primary N) is 1. The van der Waals surface area contributed by atoms with Crippen molar-refractivity contribution in [2.45, 2.75) is 33.3 Å². The molecule has 0 spiro atoms. The summed E-state index contributed by atoms with van der Waals surface area (Å²) in [6.45, 7) is 12.7. The van der Waals surface area contributed by atoms with E-state index in [2.05, 4.69) is 36.0 Å². The van der Waals surface area contributed by atoms with Gasteiger partial charge in [-0.05, 0) is 18.4 Å². The molecule has 1 aliphatic heterocycles. The number of nitrogens with one attached hydrogen (secondary N) is 1. The Morgan fingerprint density at radius 3 is 2.55 bits per heavy atom. The fourth-order valence-corrected chi connectivity index (χ4v) is 2.28. The van der Waals surface area contributed by atoms with Gasteiger partial charge in [-0.15, -0.1) is 24.0 Å². The highest BCUT2D eigenvalue weighted by molar-refractivity contribution is 14.0. The molecular weight excluding hydrogens is 395 g/mol. The van der Waals surface area contributed by atoms with Crippen molar-refractivity contribution in [3.05, 3.63) is 0 Å². The molecule has 7 heteroatoms. The van der Waals surface area contributed by atoms with E-state index in [0.717, 1.165) is 45.8 Å². The Labute approximate surface area is 152 Å². The number of aliphatic imine (C=N–C) groups is 1. The maximum absolute atomic E-state index is 5.89. The van der Waals surface area contributed by atoms with Crippen LogP contribution in [0.25, 0.3) is 0 Å². The second-order valence-corrected chi connectivity index (χ2v) is 6.55. The Kier molecular flexibility index (Phi) is 11.4. The predicted octanol–water partition coefficient (Wildman–Crippen LogP) is 1.29. The molecule has 6 nitrogen and oxygen atoms in total. The van der Waals surface area contributed by atoms with Crippen LogP contribution in [-0.2, 0) is 9.47 Å². The van der Waals surface area contributed by atoms with Gasteiger partial charge >= 0.3 is 0 Å². The number of ether oxygens (including phenoxy) is 2. The van der Waals surface area contributed by atoms with E-state index in [0.29, 0.717) is 12.5 Å². The normalized spacial score (nSPS) is 18.6. The molecule has 1 rings (SSSR count). The van der Waals surface area contributed by atoms with Crippen molar-refractivity contribution in [1.29, 1.82) is 0 Å². The van der Waals surface area contributed by atoms with Crippen molar-refractivity contribution in [1.82, 2.24) is 10.2 Å². The Bertz CT molecular complexity index is 315. The van der Waals surface area contributed by atoms with E-state index in [-0.39, 0.29) is 35.5 Å². The average molecular weight is 428 g/mol. The zero-order valence-corrected chi connectivity index (χ0v) is 16.8. The van der Waals surface area contributed by atoms with Gasteiger partial charge in [-0.2, -0.15) is 0 Å². The second kappa shape index (κ2) is 11.4. The van der Waals surface area contributed by atoms with Crippen LogP contribution in [0.15, 0.2) is 4.99 Å². The quantitative estimate of drug-likeness (QED) is 0.277. The Hall–Kier alpha value is -0.120. The monoisotopic (exact) mass is 428 g/mol. The van der Waals surface area contributed by atoms with E-state index >= 15 is 0 Å². The molecule has 0 aromatic carbocycles. The molecule has 1 saturated heterocycles. The molecule has 0 aliphatic carbocycles. The van der Waals surface area contributed by atoms with E-state index in [1.165, 1.54) is 0 Å². The van der Waals surface area contributed by atoms with Crippen molar-refractivity contribution < 1.29 is 9.47 Å². The van der Waals surface area contributed by atoms with Crippen LogP contribution in [0.1, 0.15) is 27.2 Å². The van der Waals surface area contributed by atoms with Crippen molar-refractivity contribution in [2.24, 2.45) is 16.1 Å². The van der Waals surface area contributed by atoms with Gasteiger partial charge in [-0.1, -0.05) is 20.8 Å². The van der Waals surface area contributed by atoms with Crippen LogP contribution in [0.5, 0.6) is 0 Å². The number of nitrogens with zero attached hydrogens (tertiary/aromatic N) is 2. The molecule has 1 aliphatic rings. The van der Waals surface area contributed by atoms with Crippen molar-refractivity contribution in [3.8, 4) is 0 Å². The molecule has 0 bridgehead atoms. The zero-order valence-electron chi connectivity index (χ0n) is 14.4. The van der Waals surface area contributed by atoms with Crippen LogP contribution in [0, 0.1) is 5.41 Å². The van der Waals surface area contributed by atoms with Crippen LogP contribution in [0.2, 0.25) is 0 Å². The number of guanidine groups is 1. The van der Waals surface area contributed by atoms with Crippen molar-refractivity contribution >= 4 is 29.9 Å². The summed E-state index contributed by atoms with van der Waals surface area (Å²) in [4.78, 5) is 6.79. The molecule has 0 aromatic rings. The molecule has 0 saturated carbocycles. The van der Waals surface area contributed by atoms with Crippen LogP contribution >= 0.6 is 24.0 Å². The zero-order chi connectivity index (χ0) is 15.7. The summed E-state index contributed by atoms with van der Waals surface area (Å²) < 4.78 is 10.8. The summed E-state index contributed by atoms with van der Waals surface area (Å²) in [7, 11) is 1.72. The molecule has 0 aromatic heterocycles. The van der Waals surface area contributed by atoms with Gasteiger partial charge in [0.1, 0.15) is 0 Å². The van der Waals surface area contributed by atoms with E-state index in [9.17, 15) is 0 Å². The predicted molar refractivity (Wildman–Crippen MR) is 102 cm³/mol. The second-order valence-electron chi connectivity index (χ2n) is 6.55. The SMILES string of the molecule is COC(CN=C(N)NCCCN1CCOCC1)C(C)(C)C.I. The summed E-state index contributed by atoms with van der Waals surface area (Å²) in [5.74, 6) is 0.503. The van der Waals surface area contributed by atoms with Gasteiger partial charge in [-0.25, -0.2) is 0 Å². The van der Waals surface area contributed by atoms with Crippen LogP contribution < -0.4 is 11.1 Å². The van der Waals surface area contributed by atoms with Gasteiger partial charge in [-0.3, -0.25) is 9.89 Å². The number of hydrogen-bond acceptors (Lipinski definition) is 4. The van der Waals surface area contributed by atoms with E-state index in [1.54, 1.807) is 7.11 Å². The standard InChI is InChI=1S/C15H32N4O2.HI/c1-15(2,3)13(20-4)12-18-14(16)17-6-5-7-19-8-10-21-11-9-19;/h13H,5-12H2,1-4H3,(H3,16,17,18);1H. The Morgan fingerprint density at radius 2 is 2.00 bits per heavy atom. The van der Waals surface area contributed by atoms with Gasteiger partial charge in [0.05, 0.1) is 25.9 Å². The molecule has 1 unspecified atom stereocenters. The van der Waals surface area contributed by atoms with Gasteiger partial charge in [0, 0.05) is 26.7 Å². The molecule has 1 heterocycles. The summed E-state index contributed by atoms with van der Waals surface area (Å²) in [5, 5.41) is 3.17. The highest BCUT2D eigenvalue weighted by Crippen LogP contribution is 2.21. The maximum Gasteiger partial charge on any atom is 0.188 e. The minimum absolute atomic E-state index is 0. The Morgan fingerprint density at radius 1 is 1.36 bits per heavy atom. The van der Waals surface area contributed by atoms with Gasteiger partial charge < -0.3 is 20.5 Å². The number of methoxy groups -OCH3 is 1. The fourth-order valence-electron chi connectivity index (χ4n) is 2.28. The summed E-state index contributed by atoms with van der Waals surface area (Å²) >= 11 is 0. The topological polar surface area (TPSA) is 72.1 Å². The molecule has 0 amide bonds. The molecule has 3 N–H and O–H groups in total. The van der Waals surface area contributed by atoms with Crippen molar-refractivity contribution in [2.75, 3.05) is 53.0 Å². The molecule has 1 fully saturated rings. The van der Waals surface area contributed by atoms with Gasteiger partial charge in [0.15, 0.2) is 5.96 Å². The summed E-state index contributed by atoms with van der Waals surface area (Å²) in [6.07, 6.45) is 1.13. The summed E-state index contributed by atoms with van der Waals surface area (Å²) in [6, 6.07) is 0. The first-order chi connectivity index (χ1) is 9.93. The molecule has 1 atom stereocenters. The number of halogens is 1. The molecular formula is C15H33IN4O2. The largest absolute Gasteiger partial charge is 0.379 e. The number of hydrogen-bond donors (Lipinski definition) is 2. The highest BCUT2D eigenvalue weighted by Gasteiger charge is 2.23. The minimum Gasteiger partial charge on any atom is -0.379 e. The lowest BCUT2D eigenvalue weighted by molar-refractivity contribution is 0.0241. The first kappa shape index (κ1) is 21.9. The third-order valence-electron chi connectivity index (χ3n) is 3.74. The fraction of sp³-hybridized carbons (Fsp3) is 0.933. The van der Waals surface area contributed by atoms with E-state index in [4.69, 9.17) is 15.2 Å². The average Bonchev–Trinajstić information content (AvgIpc) is 2.44. The molecule has 132 valence electrons. The lowest BCUT2D eigenvalue weighted by atomic mass is 9.89. The third-order valence-corrected chi connectivity index (χ3v) is 3.74. The Balaban J connectivity index is 0.00000441. The minimum atomic E-state index is 0. The number of morpholine rings is 1. The van der Waals surface area contributed by atoms with Gasteiger partial charge in [0.2, 0.25) is 0 Å². The highest BCUT2D eigenvalue weighted by atomic mass is 127. The van der Waals surface area contributed by atoms with Crippen LogP contribution in [0.3, 0.4) is 0 Å². The first-order valence-corrected chi connectivity index (χ1v) is 7.80. The number of rotatable bonds is 7. The first-order valence-electron chi connectivity index (χ1n) is 7.80. The lowest BCUT2D eigenvalue weighted by Gasteiger charge is -2.28. The smallest absolute Gasteiger partial charge is 0.188 e. The molecule has 0 radical (unpaired) electrons. The van der Waals surface area contributed by atoms with Crippen molar-refractivity contribution in [3.63, 3.8) is 0 Å². The molecule has 22 heavy (non-hydrogen) atoms. The van der Waals surface area contributed by atoms with E-state index < -0.39 is 0 Å².